The number of H-pyrrole nitrogens is 1. The number of nitro benzene ring substituents is 1. The van der Waals surface area contributed by atoms with Gasteiger partial charge in [-0.2, -0.15) is 0 Å². The van der Waals surface area contributed by atoms with E-state index in [1.54, 1.807) is 10.8 Å². The number of primary amides is 3. The van der Waals surface area contributed by atoms with Crippen LogP contribution in [0.1, 0.15) is 88.8 Å². The summed E-state index contributed by atoms with van der Waals surface area (Å²) in [5, 5.41) is 122. The number of benzene rings is 1. The third-order valence-corrected chi connectivity index (χ3v) is 20.5. The normalized spacial score (nSPS) is 22.3. The Kier molecular flexibility index (Phi) is 35.0. The lowest BCUT2D eigenvalue weighted by atomic mass is 9.96. The summed E-state index contributed by atoms with van der Waals surface area (Å²) in [6.45, 7) is 2.81. The Balaban J connectivity index is 0.00000385. The van der Waals surface area contributed by atoms with Gasteiger partial charge in [-0.25, -0.2) is 38.1 Å². The first-order valence-electron chi connectivity index (χ1n) is 33.9. The summed E-state index contributed by atoms with van der Waals surface area (Å²) in [4.78, 5) is 154. The summed E-state index contributed by atoms with van der Waals surface area (Å²) in [5.41, 5.74) is 28.2. The quantitative estimate of drug-likeness (QED) is 0.00434. The molecule has 2 fully saturated rings. The number of nitrogens with two attached hydrogens (primary N) is 5. The summed E-state index contributed by atoms with van der Waals surface area (Å²) >= 11 is 2.41. The predicted octanol–water partition coefficient (Wildman–Crippen LogP) is -7.78. The number of hydrogen-bond donors (Lipinski definition) is 22. The summed E-state index contributed by atoms with van der Waals surface area (Å²) in [6, 6.07) is -2.48. The number of carbonyl (C=O) groups excluding carboxylic acids is 9. The van der Waals surface area contributed by atoms with E-state index in [0.717, 1.165) is 12.5 Å². The van der Waals surface area contributed by atoms with Crippen LogP contribution in [0, 0.1) is 23.0 Å². The summed E-state index contributed by atoms with van der Waals surface area (Å²) in [5.74, 6) is -8.38. The molecule has 10 unspecified atom stereocenters. The number of nitrogens with one attached hydrogen (secondary N) is 8. The molecule has 0 spiro atoms. The molecule has 27 N–H and O–H groups in total. The van der Waals surface area contributed by atoms with Crippen molar-refractivity contribution in [1.82, 2.24) is 61.8 Å². The van der Waals surface area contributed by atoms with Crippen molar-refractivity contribution in [3.63, 3.8) is 0 Å². The maximum atomic E-state index is 15.2. The minimum absolute atomic E-state index is 0.0539. The van der Waals surface area contributed by atoms with Gasteiger partial charge in [0.15, 0.2) is 24.4 Å². The monoisotopic (exact) mass is 1680 g/mol. The average molecular weight is 1680 g/mol. The van der Waals surface area contributed by atoms with Gasteiger partial charge in [-0.1, -0.05) is 6.92 Å². The highest BCUT2D eigenvalue weighted by atomic mass is 32.3. The molecule has 0 radical (unpaired) electrons. The fourth-order valence-corrected chi connectivity index (χ4v) is 13.8. The second-order valence-corrected chi connectivity index (χ2v) is 30.5. The third-order valence-electron chi connectivity index (χ3n) is 17.0. The highest BCUT2D eigenvalue weighted by molar-refractivity contribution is 7.96. The number of nitrogens with zero attached hydrogens (tertiary/aromatic N) is 6. The van der Waals surface area contributed by atoms with Gasteiger partial charge in [0.1, 0.15) is 100 Å². The van der Waals surface area contributed by atoms with Crippen LogP contribution in [0.25, 0.3) is 10.7 Å². The minimum Gasteiger partial charge on any atom is -0.726 e. The molecule has 47 nitrogen and oxygen atoms in total. The van der Waals surface area contributed by atoms with E-state index in [0.29, 0.717) is 40.1 Å². The summed E-state index contributed by atoms with van der Waals surface area (Å²) in [6.07, 6.45) is -22.9. The number of non-ortho nitro benzene ring substituents is 1. The van der Waals surface area contributed by atoms with Crippen molar-refractivity contribution in [2.45, 2.75) is 157 Å². The molecule has 1 aromatic carbocycles. The number of aliphatic hydroxyl groups excluding tert-OH is 8. The minimum atomic E-state index is -4.92. The number of hydrogen-bond acceptors (Lipinski definition) is 37. The molecule has 51 heteroatoms. The number of imidazole rings is 1. The van der Waals surface area contributed by atoms with E-state index in [9.17, 15) is 89.3 Å². The molecule has 624 valence electrons. The Labute approximate surface area is 652 Å². The highest BCUT2D eigenvalue weighted by Crippen LogP contribution is 2.35. The number of aliphatic hydroxyl groups is 8. The maximum Gasteiger partial charge on any atom is 0.404 e. The number of carbonyl (C=O) groups is 9. The first kappa shape index (κ1) is 92.5. The van der Waals surface area contributed by atoms with E-state index in [4.69, 9.17) is 69.9 Å². The molecule has 2 aliphatic rings. The molecule has 20 atom stereocenters. The molecular weight excluding hydrogens is 1590 g/mol. The van der Waals surface area contributed by atoms with Crippen LogP contribution in [-0.4, -0.2) is 295 Å². The molecule has 5 aromatic rings. The van der Waals surface area contributed by atoms with Crippen LogP contribution >= 0.6 is 22.7 Å². The van der Waals surface area contributed by atoms with E-state index in [2.05, 4.69) is 67.1 Å². The Morgan fingerprint density at radius 3 is 2.06 bits per heavy atom. The van der Waals surface area contributed by atoms with Crippen LogP contribution in [0.4, 0.5) is 22.0 Å². The number of anilines is 2. The largest absolute Gasteiger partial charge is 0.726 e. The zero-order valence-electron chi connectivity index (χ0n) is 60.6. The Morgan fingerprint density at radius 1 is 0.805 bits per heavy atom. The average Bonchev–Trinajstić information content (AvgIpc) is 0.907. The van der Waals surface area contributed by atoms with Gasteiger partial charge in [-0.05, 0) is 43.8 Å². The van der Waals surface area contributed by atoms with Crippen molar-refractivity contribution in [3.8, 4) is 10.7 Å². The van der Waals surface area contributed by atoms with Crippen LogP contribution in [0.2, 0.25) is 0 Å². The number of nitro groups is 1. The Morgan fingerprint density at radius 2 is 1.46 bits per heavy atom. The molecule has 0 saturated carbocycles. The molecule has 7 rings (SSSR count). The van der Waals surface area contributed by atoms with Crippen molar-refractivity contribution < 1.29 is 130 Å². The van der Waals surface area contributed by atoms with Crippen LogP contribution in [-0.2, 0) is 80.2 Å². The summed E-state index contributed by atoms with van der Waals surface area (Å²) < 4.78 is 61.6. The number of aromatic amines is 1. The topological polar surface area (TPSA) is 777 Å². The number of aromatic nitrogens is 6. The number of rotatable bonds is 39. The molecule has 113 heavy (non-hydrogen) atoms. The van der Waals surface area contributed by atoms with Gasteiger partial charge in [0.2, 0.25) is 39.9 Å². The lowest BCUT2D eigenvalue weighted by Gasteiger charge is -2.47. The van der Waals surface area contributed by atoms with Crippen molar-refractivity contribution in [2.75, 3.05) is 61.7 Å². The number of thiazole rings is 2. The molecule has 0 aliphatic carbocycles. The second-order valence-electron chi connectivity index (χ2n) is 25.5. The van der Waals surface area contributed by atoms with Crippen LogP contribution in [0.3, 0.4) is 0 Å². The zero-order valence-corrected chi connectivity index (χ0v) is 63.9. The number of nitrogen functional groups attached to an aromatic ring is 1. The van der Waals surface area contributed by atoms with Gasteiger partial charge >= 0.3 is 6.09 Å². The predicted molar refractivity (Wildman–Crippen MR) is 392 cm³/mol. The van der Waals surface area contributed by atoms with E-state index in [1.807, 2.05) is 6.26 Å². The highest BCUT2D eigenvalue weighted by Gasteiger charge is 2.54. The number of ether oxygens (including phenoxy) is 5. The number of amides is 9. The molecular formula is C62H89N19O28S4. The van der Waals surface area contributed by atoms with Gasteiger partial charge in [-0.15, -0.1) is 22.7 Å². The Bertz CT molecular complexity index is 4180. The lowest BCUT2D eigenvalue weighted by Crippen LogP contribution is -2.65. The molecule has 2 saturated heterocycles. The van der Waals surface area contributed by atoms with Gasteiger partial charge in [-0.3, -0.25) is 53.0 Å². The van der Waals surface area contributed by atoms with E-state index >= 15 is 4.79 Å². The molecule has 9 amide bonds. The van der Waals surface area contributed by atoms with Crippen molar-refractivity contribution in [2.24, 2.45) is 28.9 Å². The van der Waals surface area contributed by atoms with E-state index < -0.39 is 204 Å². The first-order valence-corrected chi connectivity index (χ1v) is 39.0. The Hall–Kier alpha value is -9.34. The third kappa shape index (κ3) is 27.2. The standard InChI is InChI=1S/C62H87N19O24S3.H2O4S/c1-24-40(77-53(80-51(24)65)31(15-37(64)85)71-16-30(63)52(66)92)57(96)79-42(48(32-17-68-23-72-32)103-61-50(46(90)44(88)35(18-82)102-61)104-60-47(91)49(105-62(67)98)45(89)36(19-83)101-60)58(97)73-26(3)43(87)25(2)54(93)78-41(27(4)84)56(95)70-13-11-39-75-34(21-106-39)59-76-33(20-107-59)55(94)69-12-6-14-108(5)22-38(86)74-28-7-9-29(10-8-28)81(99)100;1-5(2,3)4/h7-10,17,20-21,23,25-27,30-31,35-36,41-50,60-61,71,82-84,87-91H,6,11-16,18-19,22,63H2,1-5H3,(H14-,64,65,66,67,68,69,70,72,73,74,77,78,79,80,85,86,92,93,94,95,96,97,98);(H2,1,2,3,4)/t25?,26?,27?,30?,31?,35-,36+,41?,42?,43?,44+,45+,46+,47-,48?,49+,50-,60+,61-,108?;/m0./s1. The van der Waals surface area contributed by atoms with Crippen molar-refractivity contribution >= 4 is 115 Å². The maximum absolute atomic E-state index is 15.2. The van der Waals surface area contributed by atoms with Crippen LogP contribution in [0.5, 0.6) is 0 Å². The fourth-order valence-electron chi connectivity index (χ4n) is 10.9. The molecule has 6 heterocycles. The second kappa shape index (κ2) is 42.7. The van der Waals surface area contributed by atoms with Crippen LogP contribution < -0.4 is 65.9 Å². The van der Waals surface area contributed by atoms with Crippen molar-refractivity contribution in [3.05, 3.63) is 91.1 Å². The van der Waals surface area contributed by atoms with Gasteiger partial charge < -0.3 is 140 Å². The fraction of sp³-hybridized carbons (Fsp3) is 0.548. The van der Waals surface area contributed by atoms with Gasteiger partial charge in [0.25, 0.3) is 23.4 Å². The molecule has 4 aromatic heterocycles. The summed E-state index contributed by atoms with van der Waals surface area (Å²) in [7, 11) is -5.25. The van der Waals surface area contributed by atoms with Gasteiger partial charge in [0.05, 0.1) is 83.9 Å². The molecule has 2 aliphatic heterocycles. The van der Waals surface area contributed by atoms with Crippen molar-refractivity contribution in [1.29, 1.82) is 0 Å². The first-order chi connectivity index (χ1) is 53.1. The zero-order chi connectivity index (χ0) is 84.0. The van der Waals surface area contributed by atoms with E-state index in [-0.39, 0.29) is 76.3 Å². The lowest BCUT2D eigenvalue weighted by molar-refractivity contribution is -0.384. The smallest absolute Gasteiger partial charge is 0.404 e. The molecule has 0 bridgehead atoms. The SMILES string of the molecule is Cc1c(N)nc(C(CC(N)=O)NCC(N)C(N)=O)nc1C(=O)NC(C(=O)NC(C)C(O)C(C)C(=O)NC(C(=O)NCCc1nc(-c2nc(C(=O)NCCC[S+](C)CC(=O)Nc3ccc([N+](=O)[O-])cc3)cs2)cs1)C(C)O)C(O[C@@H]1O[C@@H](CO)[C@@H](O)[C@@H](O)[C@@H]1O[C@H]1O[C@H](CO)[C@@H](O)[C@@H](OC(N)=O)[C@@H]1O)c1cnc[nH]1.O=S(=O)([O-])O. The van der Waals surface area contributed by atoms with Gasteiger partial charge in [0, 0.05) is 73.0 Å². The van der Waals surface area contributed by atoms with Crippen LogP contribution in [0.15, 0.2) is 47.5 Å². The van der Waals surface area contributed by atoms with E-state index in [1.165, 1.54) is 74.6 Å².